The molecule has 0 saturated heterocycles. The van der Waals surface area contributed by atoms with Crippen LogP contribution in [-0.2, 0) is 4.84 Å². The molecule has 0 heterocycles. The molecule has 0 aromatic rings. The van der Waals surface area contributed by atoms with Gasteiger partial charge in [-0.15, -0.1) is 0 Å². The van der Waals surface area contributed by atoms with E-state index >= 15 is 0 Å². The highest BCUT2D eigenvalue weighted by molar-refractivity contribution is 4.46. The van der Waals surface area contributed by atoms with Gasteiger partial charge < -0.3 is 4.84 Å². The maximum absolute atomic E-state index is 5.29. The molecule has 0 aromatic heterocycles. The second-order valence-corrected chi connectivity index (χ2v) is 4.72. The maximum Gasteiger partial charge on any atom is 0.0705 e. The summed E-state index contributed by atoms with van der Waals surface area (Å²) in [4.78, 5) is 5.29. The van der Waals surface area contributed by atoms with Crippen LogP contribution in [0.4, 0.5) is 0 Å². The molecule has 2 nitrogen and oxygen atoms in total. The number of hydrogen-bond acceptors (Lipinski definition) is 2. The number of rotatable bonds is 11. The summed E-state index contributed by atoms with van der Waals surface area (Å²) >= 11 is 0. The molecule has 0 aliphatic carbocycles. The van der Waals surface area contributed by atoms with Gasteiger partial charge in [-0.3, -0.25) is 0 Å². The fourth-order valence-electron chi connectivity index (χ4n) is 1.45. The normalized spacial score (nSPS) is 11.2. The van der Waals surface area contributed by atoms with Crippen molar-refractivity contribution in [3.8, 4) is 0 Å². The van der Waals surface area contributed by atoms with Crippen molar-refractivity contribution in [2.24, 2.45) is 5.92 Å². The van der Waals surface area contributed by atoms with Crippen molar-refractivity contribution in [1.29, 1.82) is 0 Å². The molecule has 0 fully saturated rings. The van der Waals surface area contributed by atoms with Crippen LogP contribution in [0.15, 0.2) is 0 Å². The Kier molecular flexibility index (Phi) is 11.9. The van der Waals surface area contributed by atoms with Gasteiger partial charge in [0.1, 0.15) is 0 Å². The molecule has 0 aromatic carbocycles. The molecule has 0 aliphatic heterocycles. The summed E-state index contributed by atoms with van der Waals surface area (Å²) in [5.74, 6) is 0.617. The smallest absolute Gasteiger partial charge is 0.0705 e. The summed E-state index contributed by atoms with van der Waals surface area (Å²) in [5, 5.41) is 0. The van der Waals surface area contributed by atoms with Gasteiger partial charge in [0.05, 0.1) is 6.61 Å². The third kappa shape index (κ3) is 13.9. The minimum absolute atomic E-state index is 0.617. The Bertz CT molecular complexity index is 115. The number of hydroxylamine groups is 1. The summed E-state index contributed by atoms with van der Waals surface area (Å²) < 4.78 is 0. The van der Waals surface area contributed by atoms with Crippen LogP contribution in [0.25, 0.3) is 0 Å². The average Bonchev–Trinajstić information content (AvgIpc) is 2.20. The van der Waals surface area contributed by atoms with Gasteiger partial charge in [0, 0.05) is 6.54 Å². The molecule has 0 amide bonds. The highest BCUT2D eigenvalue weighted by Gasteiger charge is 1.93. The molecular weight excluding hydrogens is 186 g/mol. The van der Waals surface area contributed by atoms with Crippen molar-refractivity contribution in [2.75, 3.05) is 13.2 Å². The van der Waals surface area contributed by atoms with Gasteiger partial charge >= 0.3 is 0 Å². The van der Waals surface area contributed by atoms with Crippen LogP contribution in [0.2, 0.25) is 0 Å². The molecule has 0 bridgehead atoms. The summed E-state index contributed by atoms with van der Waals surface area (Å²) in [6, 6.07) is 0. The molecule has 0 radical (unpaired) electrons. The third-order valence-electron chi connectivity index (χ3n) is 2.40. The van der Waals surface area contributed by atoms with E-state index in [1.54, 1.807) is 0 Å². The molecule has 92 valence electrons. The first kappa shape index (κ1) is 14.9. The predicted molar refractivity (Wildman–Crippen MR) is 66.8 cm³/mol. The van der Waals surface area contributed by atoms with E-state index in [1.165, 1.54) is 44.9 Å². The van der Waals surface area contributed by atoms with Gasteiger partial charge in [0.2, 0.25) is 0 Å². The first-order valence-electron chi connectivity index (χ1n) is 6.62. The first-order chi connectivity index (χ1) is 7.27. The summed E-state index contributed by atoms with van der Waals surface area (Å²) in [6.45, 7) is 8.40. The lowest BCUT2D eigenvalue weighted by Gasteiger charge is -2.07. The quantitative estimate of drug-likeness (QED) is 0.417. The lowest BCUT2D eigenvalue weighted by Crippen LogP contribution is -2.18. The van der Waals surface area contributed by atoms with E-state index in [0.29, 0.717) is 5.92 Å². The highest BCUT2D eigenvalue weighted by Crippen LogP contribution is 2.06. The van der Waals surface area contributed by atoms with E-state index in [9.17, 15) is 0 Å². The van der Waals surface area contributed by atoms with E-state index in [4.69, 9.17) is 4.84 Å². The summed E-state index contributed by atoms with van der Waals surface area (Å²) in [7, 11) is 0. The van der Waals surface area contributed by atoms with Crippen LogP contribution in [0.5, 0.6) is 0 Å². The van der Waals surface area contributed by atoms with Crippen LogP contribution in [0.3, 0.4) is 0 Å². The zero-order chi connectivity index (χ0) is 11.4. The second-order valence-electron chi connectivity index (χ2n) is 4.72. The minimum Gasteiger partial charge on any atom is -0.302 e. The van der Waals surface area contributed by atoms with Gasteiger partial charge in [0.15, 0.2) is 0 Å². The first-order valence-corrected chi connectivity index (χ1v) is 6.62. The molecule has 0 rings (SSSR count). The molecule has 0 unspecified atom stereocenters. The lowest BCUT2D eigenvalue weighted by molar-refractivity contribution is 0.0232. The topological polar surface area (TPSA) is 21.3 Å². The van der Waals surface area contributed by atoms with Gasteiger partial charge in [-0.25, -0.2) is 5.48 Å². The monoisotopic (exact) mass is 215 g/mol. The fourth-order valence-corrected chi connectivity index (χ4v) is 1.45. The molecule has 0 spiro atoms. The van der Waals surface area contributed by atoms with Crippen molar-refractivity contribution in [3.63, 3.8) is 0 Å². The van der Waals surface area contributed by atoms with Crippen LogP contribution < -0.4 is 5.48 Å². The van der Waals surface area contributed by atoms with E-state index in [1.807, 2.05) is 0 Å². The second kappa shape index (κ2) is 12.0. The van der Waals surface area contributed by atoms with Crippen molar-refractivity contribution in [2.45, 2.75) is 65.7 Å². The van der Waals surface area contributed by atoms with Crippen LogP contribution in [-0.4, -0.2) is 13.2 Å². The van der Waals surface area contributed by atoms with Gasteiger partial charge in [-0.05, 0) is 12.3 Å². The maximum atomic E-state index is 5.29. The molecular formula is C13H29NO. The molecule has 0 atom stereocenters. The van der Waals surface area contributed by atoms with Crippen molar-refractivity contribution in [1.82, 2.24) is 5.48 Å². The summed E-state index contributed by atoms with van der Waals surface area (Å²) in [6.07, 6.45) is 9.51. The van der Waals surface area contributed by atoms with Crippen LogP contribution >= 0.6 is 0 Å². The SMILES string of the molecule is CCCCCCCCCNOCC(C)C. The third-order valence-corrected chi connectivity index (χ3v) is 2.40. The van der Waals surface area contributed by atoms with Crippen molar-refractivity contribution in [3.05, 3.63) is 0 Å². The Morgan fingerprint density at radius 2 is 1.53 bits per heavy atom. The zero-order valence-corrected chi connectivity index (χ0v) is 10.8. The standard InChI is InChI=1S/C13H29NO/c1-4-5-6-7-8-9-10-11-14-15-12-13(2)3/h13-14H,4-12H2,1-3H3. The Morgan fingerprint density at radius 1 is 0.933 bits per heavy atom. The zero-order valence-electron chi connectivity index (χ0n) is 10.8. The average molecular weight is 215 g/mol. The lowest BCUT2D eigenvalue weighted by atomic mass is 10.1. The van der Waals surface area contributed by atoms with Gasteiger partial charge in [-0.2, -0.15) is 0 Å². The van der Waals surface area contributed by atoms with Crippen LogP contribution in [0.1, 0.15) is 65.7 Å². The van der Waals surface area contributed by atoms with Crippen LogP contribution in [0, 0.1) is 5.92 Å². The van der Waals surface area contributed by atoms with Gasteiger partial charge in [0.25, 0.3) is 0 Å². The Morgan fingerprint density at radius 3 is 2.13 bits per heavy atom. The predicted octanol–water partition coefficient (Wildman–Crippen LogP) is 3.91. The number of unbranched alkanes of at least 4 members (excludes halogenated alkanes) is 6. The largest absolute Gasteiger partial charge is 0.302 e. The Balaban J connectivity index is 2.87. The molecule has 1 N–H and O–H groups in total. The Labute approximate surface area is 95.7 Å². The van der Waals surface area contributed by atoms with E-state index in [0.717, 1.165) is 13.2 Å². The summed E-state index contributed by atoms with van der Waals surface area (Å²) in [5.41, 5.74) is 3.02. The Hall–Kier alpha value is -0.0800. The fraction of sp³-hybridized carbons (Fsp3) is 1.00. The van der Waals surface area contributed by atoms with Crippen molar-refractivity contribution < 1.29 is 4.84 Å². The molecule has 0 aliphatic rings. The highest BCUT2D eigenvalue weighted by atomic mass is 16.6. The molecule has 15 heavy (non-hydrogen) atoms. The number of nitrogens with one attached hydrogen (secondary N) is 1. The van der Waals surface area contributed by atoms with E-state index in [2.05, 4.69) is 26.3 Å². The van der Waals surface area contributed by atoms with Gasteiger partial charge in [-0.1, -0.05) is 59.3 Å². The number of hydrogen-bond donors (Lipinski definition) is 1. The van der Waals surface area contributed by atoms with Crippen molar-refractivity contribution >= 4 is 0 Å². The minimum atomic E-state index is 0.617. The van der Waals surface area contributed by atoms with E-state index < -0.39 is 0 Å². The van der Waals surface area contributed by atoms with E-state index in [-0.39, 0.29) is 0 Å². The molecule has 0 saturated carbocycles. The molecule has 2 heteroatoms.